The molecular formula is C25H39ClN6O3. The van der Waals surface area contributed by atoms with E-state index in [4.69, 9.17) is 15.5 Å². The number of aryl methyl sites for hydroxylation is 1. The van der Waals surface area contributed by atoms with Crippen LogP contribution in [-0.4, -0.2) is 82.2 Å². The lowest BCUT2D eigenvalue weighted by molar-refractivity contribution is 0.0530. The molecule has 0 spiro atoms. The van der Waals surface area contributed by atoms with Gasteiger partial charge in [0.05, 0.1) is 24.2 Å². The summed E-state index contributed by atoms with van der Waals surface area (Å²) >= 11 is 0. The summed E-state index contributed by atoms with van der Waals surface area (Å²) in [7, 11) is 0. The van der Waals surface area contributed by atoms with Crippen molar-refractivity contribution in [1.29, 1.82) is 0 Å². The molecular weight excluding hydrogens is 468 g/mol. The molecule has 1 saturated heterocycles. The van der Waals surface area contributed by atoms with Crippen LogP contribution in [0.15, 0.2) is 18.2 Å². The largest absolute Gasteiger partial charge is 0.396 e. The number of anilines is 1. The number of piperazine rings is 1. The highest BCUT2D eigenvalue weighted by Crippen LogP contribution is 2.32. The van der Waals surface area contributed by atoms with Crippen molar-refractivity contribution < 1.29 is 14.9 Å². The van der Waals surface area contributed by atoms with Gasteiger partial charge >= 0.3 is 0 Å². The van der Waals surface area contributed by atoms with E-state index in [1.165, 1.54) is 5.56 Å². The molecule has 1 aliphatic heterocycles. The Kier molecular flexibility index (Phi) is 9.69. The third-order valence-electron chi connectivity index (χ3n) is 6.74. The Hall–Kier alpha value is -2.01. The van der Waals surface area contributed by atoms with Gasteiger partial charge in [-0.3, -0.25) is 0 Å². The van der Waals surface area contributed by atoms with Crippen LogP contribution in [0.4, 0.5) is 5.82 Å². The quantitative estimate of drug-likeness (QED) is 0.311. The highest BCUT2D eigenvalue weighted by Gasteiger charge is 2.27. The number of pyridine rings is 1. The van der Waals surface area contributed by atoms with Crippen LogP contribution in [0.5, 0.6) is 0 Å². The molecule has 1 aliphatic rings. The smallest absolute Gasteiger partial charge is 0.152 e. The molecule has 1 aromatic carbocycles. The van der Waals surface area contributed by atoms with Gasteiger partial charge in [0.25, 0.3) is 0 Å². The molecule has 0 aliphatic carbocycles. The summed E-state index contributed by atoms with van der Waals surface area (Å²) in [5, 5.41) is 24.2. The summed E-state index contributed by atoms with van der Waals surface area (Å²) in [5.41, 5.74) is 9.25. The van der Waals surface area contributed by atoms with Crippen molar-refractivity contribution in [2.45, 2.75) is 39.8 Å². The predicted octanol–water partition coefficient (Wildman–Crippen LogP) is 1.95. The Balaban J connectivity index is 0.00000342. The summed E-state index contributed by atoms with van der Waals surface area (Å²) in [4.78, 5) is 11.9. The number of nitrogens with one attached hydrogen (secondary N) is 1. The van der Waals surface area contributed by atoms with E-state index < -0.39 is 5.41 Å². The van der Waals surface area contributed by atoms with E-state index in [0.717, 1.165) is 62.0 Å². The lowest BCUT2D eigenvalue weighted by atomic mass is 9.92. The van der Waals surface area contributed by atoms with E-state index in [2.05, 4.69) is 33.4 Å². The summed E-state index contributed by atoms with van der Waals surface area (Å²) in [5.74, 6) is 1.10. The topological polar surface area (TPSA) is 122 Å². The summed E-state index contributed by atoms with van der Waals surface area (Å²) in [6.45, 7) is 10.2. The Morgan fingerprint density at radius 1 is 1.17 bits per heavy atom. The number of imidazole rings is 1. The third-order valence-corrected chi connectivity index (χ3v) is 6.74. The van der Waals surface area contributed by atoms with Crippen LogP contribution in [0.3, 0.4) is 0 Å². The van der Waals surface area contributed by atoms with E-state index in [1.54, 1.807) is 0 Å². The number of ether oxygens (including phenoxy) is 1. The van der Waals surface area contributed by atoms with Crippen LogP contribution in [0, 0.1) is 5.41 Å². The Bertz CT molecular complexity index is 1110. The van der Waals surface area contributed by atoms with E-state index >= 15 is 0 Å². The Labute approximate surface area is 213 Å². The molecule has 5 N–H and O–H groups in total. The molecule has 0 amide bonds. The van der Waals surface area contributed by atoms with E-state index in [0.29, 0.717) is 36.9 Å². The van der Waals surface area contributed by atoms with Gasteiger partial charge in [-0.1, -0.05) is 19.1 Å². The zero-order valence-corrected chi connectivity index (χ0v) is 21.6. The number of aliphatic hydroxyl groups excluding tert-OH is 2. The first-order chi connectivity index (χ1) is 16.5. The van der Waals surface area contributed by atoms with Gasteiger partial charge in [-0.15, -0.1) is 12.4 Å². The van der Waals surface area contributed by atoms with Gasteiger partial charge in [0.15, 0.2) is 5.82 Å². The number of nitrogen functional groups attached to an aromatic ring is 1. The molecule has 2 aromatic heterocycles. The zero-order valence-electron chi connectivity index (χ0n) is 20.8. The highest BCUT2D eigenvalue weighted by molar-refractivity contribution is 6.06. The van der Waals surface area contributed by atoms with Gasteiger partial charge < -0.3 is 35.5 Å². The summed E-state index contributed by atoms with van der Waals surface area (Å²) in [6.07, 6.45) is 2.09. The van der Waals surface area contributed by atoms with Crippen LogP contribution < -0.4 is 11.1 Å². The second-order valence-corrected chi connectivity index (χ2v) is 9.62. The number of benzene rings is 1. The fourth-order valence-electron chi connectivity index (χ4n) is 4.61. The monoisotopic (exact) mass is 506 g/mol. The van der Waals surface area contributed by atoms with Gasteiger partial charge in [0.1, 0.15) is 17.9 Å². The highest BCUT2D eigenvalue weighted by atomic mass is 35.5. The third kappa shape index (κ3) is 6.22. The summed E-state index contributed by atoms with van der Waals surface area (Å²) in [6, 6.07) is 6.39. The number of rotatable bonds is 11. The molecule has 0 radical (unpaired) electrons. The van der Waals surface area contributed by atoms with Crippen molar-refractivity contribution in [3.8, 4) is 0 Å². The first-order valence-electron chi connectivity index (χ1n) is 12.3. The molecule has 3 aromatic rings. The van der Waals surface area contributed by atoms with Crippen LogP contribution >= 0.6 is 12.4 Å². The number of nitrogens with zero attached hydrogens (tertiary/aromatic N) is 4. The molecule has 35 heavy (non-hydrogen) atoms. The van der Waals surface area contributed by atoms with Gasteiger partial charge in [0, 0.05) is 50.1 Å². The molecule has 10 heteroatoms. The fourth-order valence-corrected chi connectivity index (χ4v) is 4.61. The first-order valence-corrected chi connectivity index (χ1v) is 12.3. The Morgan fingerprint density at radius 3 is 2.60 bits per heavy atom. The maximum absolute atomic E-state index is 9.94. The molecule has 0 bridgehead atoms. The predicted molar refractivity (Wildman–Crippen MR) is 142 cm³/mol. The fraction of sp³-hybridized carbons (Fsp3) is 0.600. The van der Waals surface area contributed by atoms with Crippen molar-refractivity contribution in [1.82, 2.24) is 24.8 Å². The van der Waals surface area contributed by atoms with Crippen molar-refractivity contribution in [3.05, 3.63) is 29.6 Å². The van der Waals surface area contributed by atoms with Crippen LogP contribution in [-0.2, 0) is 24.3 Å². The van der Waals surface area contributed by atoms with Crippen molar-refractivity contribution >= 4 is 40.2 Å². The van der Waals surface area contributed by atoms with Gasteiger partial charge in [-0.25, -0.2) is 9.97 Å². The molecule has 0 unspecified atom stereocenters. The van der Waals surface area contributed by atoms with Crippen molar-refractivity contribution in [3.63, 3.8) is 0 Å². The SMILES string of the molecule is CCOCc1nc2c(N)nc3cc(CCCN4CCNCC4)ccc3c2n1CC(C)(CO)CO.Cl. The number of aliphatic hydroxyl groups is 2. The lowest BCUT2D eigenvalue weighted by Gasteiger charge is -2.27. The zero-order chi connectivity index (χ0) is 24.1. The molecule has 0 atom stereocenters. The van der Waals surface area contributed by atoms with Crippen molar-refractivity contribution in [2.24, 2.45) is 5.41 Å². The number of fused-ring (bicyclic) bond motifs is 3. The minimum Gasteiger partial charge on any atom is -0.396 e. The average Bonchev–Trinajstić information content (AvgIpc) is 3.21. The van der Waals surface area contributed by atoms with E-state index in [-0.39, 0.29) is 25.6 Å². The standard InChI is InChI=1S/C25H38N6O3.ClH/c1-3-34-14-21-29-22-23(31(21)15-25(2,16-32)17-33)19-7-6-18(13-20(19)28-24(22)26)5-4-10-30-11-8-27-9-12-30;/h6-7,13,27,32-33H,3-5,8-12,14-17H2,1-2H3,(H2,26,28);1H. The average molecular weight is 507 g/mol. The molecule has 0 saturated carbocycles. The number of halogens is 1. The molecule has 1 fully saturated rings. The normalized spacial score (nSPS) is 15.1. The second-order valence-electron chi connectivity index (χ2n) is 9.62. The lowest BCUT2D eigenvalue weighted by Crippen LogP contribution is -2.43. The minimum absolute atomic E-state index is 0. The van der Waals surface area contributed by atoms with Gasteiger partial charge in [-0.05, 0) is 37.9 Å². The molecule has 4 rings (SSSR count). The maximum atomic E-state index is 9.94. The second kappa shape index (κ2) is 12.3. The summed E-state index contributed by atoms with van der Waals surface area (Å²) < 4.78 is 7.69. The van der Waals surface area contributed by atoms with E-state index in [9.17, 15) is 10.2 Å². The number of aromatic nitrogens is 3. The number of hydrogen-bond donors (Lipinski definition) is 4. The maximum Gasteiger partial charge on any atom is 0.152 e. The van der Waals surface area contributed by atoms with Crippen LogP contribution in [0.1, 0.15) is 31.7 Å². The minimum atomic E-state index is -0.705. The molecule has 194 valence electrons. The van der Waals surface area contributed by atoms with E-state index in [1.807, 2.05) is 18.4 Å². The first kappa shape index (κ1) is 27.6. The van der Waals surface area contributed by atoms with Crippen molar-refractivity contribution in [2.75, 3.05) is 58.3 Å². The van der Waals surface area contributed by atoms with Gasteiger partial charge in [-0.2, -0.15) is 0 Å². The number of nitrogens with two attached hydrogens (primary N) is 1. The number of hydrogen-bond acceptors (Lipinski definition) is 8. The van der Waals surface area contributed by atoms with Gasteiger partial charge in [0.2, 0.25) is 0 Å². The molecule has 3 heterocycles. The Morgan fingerprint density at radius 2 is 1.91 bits per heavy atom. The molecule has 9 nitrogen and oxygen atoms in total. The van der Waals surface area contributed by atoms with Crippen LogP contribution in [0.25, 0.3) is 21.9 Å². The van der Waals surface area contributed by atoms with Crippen LogP contribution in [0.2, 0.25) is 0 Å².